The molecular weight excluding hydrogens is 375 g/mol. The van der Waals surface area contributed by atoms with Crippen molar-refractivity contribution in [3.63, 3.8) is 0 Å². The van der Waals surface area contributed by atoms with Crippen LogP contribution in [0.3, 0.4) is 0 Å². The summed E-state index contributed by atoms with van der Waals surface area (Å²) in [7, 11) is 0. The van der Waals surface area contributed by atoms with Crippen molar-refractivity contribution in [2.75, 3.05) is 5.32 Å². The molecule has 0 fully saturated rings. The van der Waals surface area contributed by atoms with Gasteiger partial charge in [-0.2, -0.15) is 5.26 Å². The van der Waals surface area contributed by atoms with Crippen LogP contribution >= 0.6 is 31.9 Å². The summed E-state index contributed by atoms with van der Waals surface area (Å²) in [4.78, 5) is 0. The van der Waals surface area contributed by atoms with Crippen LogP contribution in [-0.2, 0) is 0 Å². The van der Waals surface area contributed by atoms with Gasteiger partial charge in [0.2, 0.25) is 0 Å². The zero-order valence-corrected chi connectivity index (χ0v) is 12.9. The maximum atomic E-state index is 13.8. The van der Waals surface area contributed by atoms with Crippen LogP contribution in [-0.4, -0.2) is 0 Å². The number of hydrogen-bond acceptors (Lipinski definition) is 2. The van der Waals surface area contributed by atoms with Gasteiger partial charge in [-0.15, -0.1) is 0 Å². The number of halogens is 3. The minimum absolute atomic E-state index is 0.325. The highest BCUT2D eigenvalue weighted by Gasteiger charge is 2.15. The number of nitrogens with one attached hydrogen (secondary N) is 1. The van der Waals surface area contributed by atoms with Crippen molar-refractivity contribution >= 4 is 37.5 Å². The summed E-state index contributed by atoms with van der Waals surface area (Å²) >= 11 is 6.55. The molecule has 0 aliphatic heterocycles. The minimum Gasteiger partial charge on any atom is -0.366 e. The maximum Gasteiger partial charge on any atom is 0.143 e. The largest absolute Gasteiger partial charge is 0.366 e. The minimum atomic E-state index is -0.734. The summed E-state index contributed by atoms with van der Waals surface area (Å²) in [6.07, 6.45) is 0. The lowest BCUT2D eigenvalue weighted by molar-refractivity contribution is 0.606. The molecule has 0 saturated carbocycles. The molecule has 0 aliphatic rings. The topological polar surface area (TPSA) is 35.8 Å². The third-order valence-electron chi connectivity index (χ3n) is 2.54. The van der Waals surface area contributed by atoms with Crippen LogP contribution in [0.1, 0.15) is 11.6 Å². The second kappa shape index (κ2) is 6.18. The quantitative estimate of drug-likeness (QED) is 0.806. The zero-order chi connectivity index (χ0) is 13.8. The highest BCUT2D eigenvalue weighted by molar-refractivity contribution is 9.10. The first-order valence-corrected chi connectivity index (χ1v) is 7.05. The Morgan fingerprint density at radius 3 is 2.47 bits per heavy atom. The van der Waals surface area contributed by atoms with E-state index in [1.807, 2.05) is 24.3 Å². The van der Waals surface area contributed by atoms with Gasteiger partial charge in [0.25, 0.3) is 0 Å². The average molecular weight is 384 g/mol. The van der Waals surface area contributed by atoms with Gasteiger partial charge in [-0.1, -0.05) is 44.0 Å². The van der Waals surface area contributed by atoms with E-state index in [0.717, 1.165) is 10.2 Å². The van der Waals surface area contributed by atoms with Crippen LogP contribution in [0.4, 0.5) is 10.1 Å². The molecule has 0 saturated heterocycles. The van der Waals surface area contributed by atoms with Gasteiger partial charge in [-0.05, 0) is 30.3 Å². The van der Waals surface area contributed by atoms with Gasteiger partial charge in [-0.3, -0.25) is 0 Å². The fourth-order valence-corrected chi connectivity index (χ4v) is 2.39. The third-order valence-corrected chi connectivity index (χ3v) is 3.52. The van der Waals surface area contributed by atoms with Gasteiger partial charge in [0, 0.05) is 20.2 Å². The molecule has 2 rings (SSSR count). The Hall–Kier alpha value is -1.38. The molecule has 0 heterocycles. The van der Waals surface area contributed by atoms with Crippen LogP contribution in [0.25, 0.3) is 0 Å². The fraction of sp³-hybridized carbons (Fsp3) is 0.0714. The summed E-state index contributed by atoms with van der Waals surface area (Å²) in [5.74, 6) is -0.413. The zero-order valence-electron chi connectivity index (χ0n) is 9.70. The lowest BCUT2D eigenvalue weighted by atomic mass is 10.1. The van der Waals surface area contributed by atoms with Gasteiger partial charge in [0.15, 0.2) is 0 Å². The van der Waals surface area contributed by atoms with Crippen molar-refractivity contribution in [1.29, 1.82) is 5.26 Å². The summed E-state index contributed by atoms with van der Waals surface area (Å²) in [5, 5.41) is 12.2. The lowest BCUT2D eigenvalue weighted by Gasteiger charge is -2.14. The van der Waals surface area contributed by atoms with E-state index >= 15 is 0 Å². The SMILES string of the molecule is N#CC(Nc1cccc(Br)c1)c1ccc(Br)cc1F. The molecule has 1 atom stereocenters. The molecule has 96 valence electrons. The van der Waals surface area contributed by atoms with Crippen LogP contribution in [0.5, 0.6) is 0 Å². The number of anilines is 1. The Morgan fingerprint density at radius 1 is 1.11 bits per heavy atom. The van der Waals surface area contributed by atoms with Crippen LogP contribution < -0.4 is 5.32 Å². The second-order valence-corrected chi connectivity index (χ2v) is 5.71. The molecule has 0 bridgehead atoms. The summed E-state index contributed by atoms with van der Waals surface area (Å²) in [5.41, 5.74) is 1.08. The van der Waals surface area contributed by atoms with Crippen LogP contribution in [0.2, 0.25) is 0 Å². The molecule has 0 amide bonds. The van der Waals surface area contributed by atoms with Crippen molar-refractivity contribution in [1.82, 2.24) is 0 Å². The van der Waals surface area contributed by atoms with Gasteiger partial charge >= 0.3 is 0 Å². The molecule has 0 aliphatic carbocycles. The molecule has 0 spiro atoms. The van der Waals surface area contributed by atoms with Crippen molar-refractivity contribution in [2.24, 2.45) is 0 Å². The van der Waals surface area contributed by atoms with E-state index < -0.39 is 11.9 Å². The van der Waals surface area contributed by atoms with E-state index in [1.165, 1.54) is 6.07 Å². The number of nitriles is 1. The summed E-state index contributed by atoms with van der Waals surface area (Å²) < 4.78 is 15.4. The van der Waals surface area contributed by atoms with Crippen molar-refractivity contribution in [3.05, 3.63) is 62.8 Å². The standard InChI is InChI=1S/C14H9Br2FN2/c15-9-2-1-3-11(6-9)19-14(8-18)12-5-4-10(16)7-13(12)17/h1-7,14,19H. The van der Waals surface area contributed by atoms with Gasteiger partial charge in [-0.25, -0.2) is 4.39 Å². The summed E-state index contributed by atoms with van der Waals surface area (Å²) in [6, 6.07) is 13.4. The number of nitrogens with zero attached hydrogens (tertiary/aromatic N) is 1. The molecule has 2 nitrogen and oxygen atoms in total. The van der Waals surface area contributed by atoms with E-state index in [-0.39, 0.29) is 0 Å². The van der Waals surface area contributed by atoms with Crippen LogP contribution in [0.15, 0.2) is 51.4 Å². The molecule has 0 aromatic heterocycles. The number of rotatable bonds is 3. The number of hydrogen-bond donors (Lipinski definition) is 1. The highest BCUT2D eigenvalue weighted by atomic mass is 79.9. The molecule has 1 N–H and O–H groups in total. The van der Waals surface area contributed by atoms with Gasteiger partial charge < -0.3 is 5.32 Å². The summed E-state index contributed by atoms with van der Waals surface area (Å²) in [6.45, 7) is 0. The highest BCUT2D eigenvalue weighted by Crippen LogP contribution is 2.25. The fourth-order valence-electron chi connectivity index (χ4n) is 1.66. The molecule has 2 aromatic carbocycles. The lowest BCUT2D eigenvalue weighted by Crippen LogP contribution is -2.10. The number of benzene rings is 2. The molecular formula is C14H9Br2FN2. The Morgan fingerprint density at radius 2 is 1.84 bits per heavy atom. The first-order valence-electron chi connectivity index (χ1n) is 5.47. The smallest absolute Gasteiger partial charge is 0.143 e. The first kappa shape index (κ1) is 14.0. The predicted octanol–water partition coefficient (Wildman–Crippen LogP) is 5.03. The normalized spacial score (nSPS) is 11.7. The molecule has 5 heteroatoms. The Balaban J connectivity index is 2.28. The molecule has 0 radical (unpaired) electrons. The third kappa shape index (κ3) is 3.55. The molecule has 1 unspecified atom stereocenters. The van der Waals surface area contributed by atoms with Gasteiger partial charge in [0.1, 0.15) is 11.9 Å². The average Bonchev–Trinajstić information content (AvgIpc) is 2.37. The Bertz CT molecular complexity index is 638. The van der Waals surface area contributed by atoms with E-state index in [4.69, 9.17) is 0 Å². The maximum absolute atomic E-state index is 13.8. The van der Waals surface area contributed by atoms with Crippen molar-refractivity contribution < 1.29 is 4.39 Å². The Kier molecular flexibility index (Phi) is 4.56. The molecule has 19 heavy (non-hydrogen) atoms. The van der Waals surface area contributed by atoms with Crippen molar-refractivity contribution in [3.8, 4) is 6.07 Å². The predicted molar refractivity (Wildman–Crippen MR) is 80.2 cm³/mol. The van der Waals surface area contributed by atoms with E-state index in [9.17, 15) is 9.65 Å². The monoisotopic (exact) mass is 382 g/mol. The first-order chi connectivity index (χ1) is 9.10. The van der Waals surface area contributed by atoms with Crippen molar-refractivity contribution in [2.45, 2.75) is 6.04 Å². The van der Waals surface area contributed by atoms with E-state index in [0.29, 0.717) is 10.0 Å². The Labute approximate surface area is 127 Å². The van der Waals surface area contributed by atoms with E-state index in [1.54, 1.807) is 12.1 Å². The van der Waals surface area contributed by atoms with Crippen LogP contribution in [0, 0.1) is 17.1 Å². The molecule has 2 aromatic rings. The van der Waals surface area contributed by atoms with E-state index in [2.05, 4.69) is 43.2 Å². The second-order valence-electron chi connectivity index (χ2n) is 3.88. The van der Waals surface area contributed by atoms with Gasteiger partial charge in [0.05, 0.1) is 6.07 Å².